The molecular weight excluding hydrogens is 1060 g/mol. The van der Waals surface area contributed by atoms with Crippen molar-refractivity contribution in [3.8, 4) is 56.9 Å². The van der Waals surface area contributed by atoms with E-state index in [2.05, 4.69) is 20.6 Å². The van der Waals surface area contributed by atoms with Gasteiger partial charge in [-0.15, -0.1) is 10.2 Å². The lowest BCUT2D eigenvalue weighted by Gasteiger charge is -2.14. The number of carbonyl (C=O) groups is 4. The Labute approximate surface area is 420 Å². The predicted molar refractivity (Wildman–Crippen MR) is 239 cm³/mol. The summed E-state index contributed by atoms with van der Waals surface area (Å²) in [5, 5.41) is 46.2. The minimum absolute atomic E-state index is 0.478. The molecule has 0 saturated heterocycles. The Morgan fingerprint density at radius 1 is 0.434 bits per heavy atom. The second-order valence-corrected chi connectivity index (χ2v) is 14.1. The molecule has 2 heterocycles. The van der Waals surface area contributed by atoms with Crippen LogP contribution in [0.15, 0.2) is 73.1 Å². The summed E-state index contributed by atoms with van der Waals surface area (Å²) in [4.78, 5) is 35.6. The van der Waals surface area contributed by atoms with Gasteiger partial charge in [0.25, 0.3) is 0 Å². The number of hydrogen-bond acceptors (Lipinski definition) is 16. The maximum absolute atomic E-state index is 10.6. The Hall–Kier alpha value is -7.98. The summed E-state index contributed by atoms with van der Waals surface area (Å²) in [6.07, 6.45) is -13.6. The molecule has 0 bridgehead atoms. The van der Waals surface area contributed by atoms with E-state index in [1.807, 2.05) is 73.1 Å². The van der Waals surface area contributed by atoms with Crippen LogP contribution in [0, 0.1) is 0 Å². The van der Waals surface area contributed by atoms with Gasteiger partial charge in [0, 0.05) is 23.3 Å². The zero-order valence-corrected chi connectivity index (χ0v) is 39.0. The van der Waals surface area contributed by atoms with Crippen LogP contribution in [0.25, 0.3) is 33.9 Å². The minimum Gasteiger partial charge on any atom is -0.490 e. The Morgan fingerprint density at radius 3 is 0.947 bits per heavy atom. The fraction of sp³-hybridized carbons (Fsp3) is 0.381. The van der Waals surface area contributed by atoms with E-state index in [9.17, 15) is 52.7 Å². The van der Waals surface area contributed by atoms with Gasteiger partial charge in [0.05, 0.1) is 50.2 Å². The normalized spacial score (nSPS) is 11.2. The van der Waals surface area contributed by atoms with E-state index in [0.29, 0.717) is 87.0 Å². The fourth-order valence-corrected chi connectivity index (χ4v) is 4.69. The molecule has 3 aromatic carbocycles. The molecule has 2 aromatic heterocycles. The second kappa shape index (κ2) is 31.7. The first-order valence-electron chi connectivity index (χ1n) is 21.2. The van der Waals surface area contributed by atoms with E-state index >= 15 is 0 Å². The number of carboxylic acids is 4. The Morgan fingerprint density at radius 2 is 0.697 bits per heavy atom. The monoisotopic (exact) mass is 1110 g/mol. The van der Waals surface area contributed by atoms with Gasteiger partial charge in [0.1, 0.15) is 11.4 Å². The number of nitrogens with two attached hydrogens (primary N) is 4. The molecule has 0 saturated carbocycles. The Balaban J connectivity index is 0.000000838. The van der Waals surface area contributed by atoms with E-state index in [-0.39, 0.29) is 0 Å². The smallest absolute Gasteiger partial charge is 0.490 e. The number of benzene rings is 3. The average Bonchev–Trinajstić information content (AvgIpc) is 4.04. The van der Waals surface area contributed by atoms with Gasteiger partial charge < -0.3 is 62.3 Å². The Bertz CT molecular complexity index is 2360. The van der Waals surface area contributed by atoms with E-state index in [1.165, 1.54) is 0 Å². The van der Waals surface area contributed by atoms with Crippen LogP contribution in [0.1, 0.15) is 25.7 Å². The second-order valence-electron chi connectivity index (χ2n) is 14.1. The van der Waals surface area contributed by atoms with E-state index in [1.54, 1.807) is 9.36 Å². The number of aliphatic carboxylic acids is 4. The van der Waals surface area contributed by atoms with Gasteiger partial charge in [-0.1, -0.05) is 28.6 Å². The summed E-state index contributed by atoms with van der Waals surface area (Å²) in [6.45, 7) is 4.13. The van der Waals surface area contributed by atoms with Gasteiger partial charge >= 0.3 is 48.6 Å². The molecular formula is C42H48F12N10O12. The first-order valence-corrected chi connectivity index (χ1v) is 21.2. The largest absolute Gasteiger partial charge is 0.490 e. The number of hydrogen-bond donors (Lipinski definition) is 8. The molecule has 5 rings (SSSR count). The zero-order valence-electron chi connectivity index (χ0n) is 39.0. The number of carboxylic acid groups (broad SMARTS) is 4. The van der Waals surface area contributed by atoms with Crippen molar-refractivity contribution >= 4 is 23.9 Å². The van der Waals surface area contributed by atoms with Crippen molar-refractivity contribution in [2.24, 2.45) is 22.9 Å². The van der Waals surface area contributed by atoms with Crippen LogP contribution in [-0.2, 0) is 19.2 Å². The van der Waals surface area contributed by atoms with Gasteiger partial charge in [0.2, 0.25) is 0 Å². The minimum atomic E-state index is -5.08. The third kappa shape index (κ3) is 24.8. The van der Waals surface area contributed by atoms with Gasteiger partial charge in [0.15, 0.2) is 23.0 Å². The van der Waals surface area contributed by atoms with Crippen molar-refractivity contribution in [3.63, 3.8) is 0 Å². The van der Waals surface area contributed by atoms with Crippen LogP contribution < -0.4 is 41.9 Å². The maximum Gasteiger partial charge on any atom is 0.490 e. The molecule has 76 heavy (non-hydrogen) atoms. The lowest BCUT2D eigenvalue weighted by molar-refractivity contribution is -0.193. The molecule has 0 unspecified atom stereocenters. The summed E-state index contributed by atoms with van der Waals surface area (Å²) in [6, 6.07) is 19.2. The van der Waals surface area contributed by atoms with Crippen molar-refractivity contribution in [2.75, 3.05) is 52.6 Å². The van der Waals surface area contributed by atoms with Crippen molar-refractivity contribution < 1.29 is 111 Å². The van der Waals surface area contributed by atoms with Crippen LogP contribution in [0.3, 0.4) is 0 Å². The predicted octanol–water partition coefficient (Wildman–Crippen LogP) is 5.63. The lowest BCUT2D eigenvalue weighted by Crippen LogP contribution is -2.21. The molecule has 34 heteroatoms. The van der Waals surface area contributed by atoms with Gasteiger partial charge in [-0.05, 0) is 82.2 Å². The quantitative estimate of drug-likeness (QED) is 0.0346. The van der Waals surface area contributed by atoms with Crippen LogP contribution in [-0.4, -0.2) is 152 Å². The van der Waals surface area contributed by atoms with Crippen LogP contribution in [0.5, 0.6) is 23.0 Å². The highest BCUT2D eigenvalue weighted by atomic mass is 19.4. The van der Waals surface area contributed by atoms with E-state index < -0.39 is 48.6 Å². The number of nitrogens with zero attached hydrogens (tertiary/aromatic N) is 6. The third-order valence-electron chi connectivity index (χ3n) is 8.22. The number of halogens is 12. The van der Waals surface area contributed by atoms with E-state index in [4.69, 9.17) is 81.5 Å². The molecule has 0 amide bonds. The number of ether oxygens (including phenoxy) is 4. The fourth-order valence-electron chi connectivity index (χ4n) is 4.69. The third-order valence-corrected chi connectivity index (χ3v) is 8.22. The van der Waals surface area contributed by atoms with Crippen LogP contribution in [0.2, 0.25) is 0 Å². The molecule has 0 atom stereocenters. The van der Waals surface area contributed by atoms with Crippen LogP contribution in [0.4, 0.5) is 52.7 Å². The lowest BCUT2D eigenvalue weighted by atomic mass is 10.1. The highest BCUT2D eigenvalue weighted by Gasteiger charge is 2.40. The van der Waals surface area contributed by atoms with E-state index in [0.717, 1.165) is 48.2 Å². The molecule has 12 N–H and O–H groups in total. The molecule has 0 spiro atoms. The molecule has 422 valence electrons. The van der Waals surface area contributed by atoms with Gasteiger partial charge in [-0.2, -0.15) is 52.7 Å². The molecule has 0 aliphatic rings. The first kappa shape index (κ1) is 66.0. The topological polar surface area (TPSA) is 352 Å². The summed E-state index contributed by atoms with van der Waals surface area (Å²) in [7, 11) is 0. The number of alkyl halides is 12. The average molecular weight is 1110 g/mol. The Kier molecular flexibility index (Phi) is 27.5. The number of rotatable bonds is 20. The van der Waals surface area contributed by atoms with Crippen molar-refractivity contribution in [2.45, 2.75) is 50.4 Å². The molecule has 0 aliphatic heterocycles. The summed E-state index contributed by atoms with van der Waals surface area (Å²) in [5.41, 5.74) is 27.3. The molecule has 0 aliphatic carbocycles. The molecule has 0 fully saturated rings. The summed E-state index contributed by atoms with van der Waals surface area (Å²) < 4.78 is 154. The molecule has 0 radical (unpaired) electrons. The van der Waals surface area contributed by atoms with Gasteiger partial charge in [-0.25, -0.2) is 28.5 Å². The standard InChI is InChI=1S/C34H44N10O4.4C2HF3O2/c35-12-2-16-45-31-10-8-27(21-33(31)47-18-4-14-37)43-23-29(39-41-43)25-6-1-7-26(20-25)30-24-44(42-40-30)28-9-11-32(46-17-3-13-36)34(22-28)48-19-5-15-38;4*3-2(4,5)1(6)7/h1,6-11,20-24H,2-5,12-19,35-38H2;4*(H,6,7). The van der Waals surface area contributed by atoms with Crippen molar-refractivity contribution in [1.29, 1.82) is 0 Å². The highest BCUT2D eigenvalue weighted by Crippen LogP contribution is 2.33. The first-order chi connectivity index (χ1) is 35.4. The SMILES string of the molecule is NCCCOc1ccc(-n2cc(-c3cccc(-c4cn(-c5ccc(OCCCN)c(OCCCN)c5)nn4)c3)nn2)cc1OCCCN.O=C(O)C(F)(F)F.O=C(O)C(F)(F)F.O=C(O)C(F)(F)F.O=C(O)C(F)(F)F. The molecule has 5 aromatic rings. The van der Waals surface area contributed by atoms with Gasteiger partial charge in [-0.3, -0.25) is 0 Å². The number of aromatic nitrogens is 6. The zero-order chi connectivity index (χ0) is 57.9. The summed E-state index contributed by atoms with van der Waals surface area (Å²) >= 11 is 0. The van der Waals surface area contributed by atoms with Crippen molar-refractivity contribution in [3.05, 3.63) is 73.1 Å². The maximum atomic E-state index is 10.6. The van der Waals surface area contributed by atoms with Crippen LogP contribution >= 0.6 is 0 Å². The molecule has 22 nitrogen and oxygen atoms in total. The summed E-state index contributed by atoms with van der Waals surface area (Å²) in [5.74, 6) is -8.51. The highest BCUT2D eigenvalue weighted by molar-refractivity contribution is 5.74. The van der Waals surface area contributed by atoms with Crippen molar-refractivity contribution in [1.82, 2.24) is 30.0 Å².